The zero-order valence-electron chi connectivity index (χ0n) is 14.3. The van der Waals surface area contributed by atoms with Crippen LogP contribution in [-0.2, 0) is 0 Å². The summed E-state index contributed by atoms with van der Waals surface area (Å²) in [5.41, 5.74) is 0.327. The van der Waals surface area contributed by atoms with Crippen LogP contribution in [0.15, 0.2) is 0 Å². The summed E-state index contributed by atoms with van der Waals surface area (Å²) < 4.78 is 0. The SMILES string of the molecule is CCC1(C)CN(C2CCCCCCC2)C(C(C)C)CN1. The van der Waals surface area contributed by atoms with Crippen LogP contribution in [0.1, 0.15) is 79.1 Å². The highest BCUT2D eigenvalue weighted by molar-refractivity contribution is 4.97. The fraction of sp³-hybridized carbons (Fsp3) is 1.00. The molecule has 1 aliphatic heterocycles. The lowest BCUT2D eigenvalue weighted by Crippen LogP contribution is -2.66. The molecule has 2 nitrogen and oxygen atoms in total. The largest absolute Gasteiger partial charge is 0.309 e. The Morgan fingerprint density at radius 1 is 1.10 bits per heavy atom. The van der Waals surface area contributed by atoms with E-state index in [1.165, 1.54) is 64.5 Å². The first-order valence-corrected chi connectivity index (χ1v) is 9.06. The molecule has 2 heteroatoms. The number of piperazine rings is 1. The quantitative estimate of drug-likeness (QED) is 0.833. The molecule has 2 atom stereocenters. The maximum Gasteiger partial charge on any atom is 0.0278 e. The Hall–Kier alpha value is -0.0800. The van der Waals surface area contributed by atoms with Crippen molar-refractivity contribution in [1.29, 1.82) is 0 Å². The molecule has 2 unspecified atom stereocenters. The van der Waals surface area contributed by atoms with Gasteiger partial charge >= 0.3 is 0 Å². The molecule has 118 valence electrons. The van der Waals surface area contributed by atoms with E-state index < -0.39 is 0 Å². The van der Waals surface area contributed by atoms with Gasteiger partial charge in [0.2, 0.25) is 0 Å². The van der Waals surface area contributed by atoms with Gasteiger partial charge in [-0.1, -0.05) is 52.9 Å². The third kappa shape index (κ3) is 3.98. The van der Waals surface area contributed by atoms with Gasteiger partial charge in [0.1, 0.15) is 0 Å². The molecule has 1 heterocycles. The monoisotopic (exact) mass is 280 g/mol. The Labute approximate surface area is 126 Å². The van der Waals surface area contributed by atoms with Crippen LogP contribution in [0.25, 0.3) is 0 Å². The van der Waals surface area contributed by atoms with Crippen molar-refractivity contribution in [2.75, 3.05) is 13.1 Å². The van der Waals surface area contributed by atoms with Gasteiger partial charge in [-0.05, 0) is 32.1 Å². The van der Waals surface area contributed by atoms with Crippen LogP contribution < -0.4 is 5.32 Å². The first kappa shape index (κ1) is 16.3. The summed E-state index contributed by atoms with van der Waals surface area (Å²) >= 11 is 0. The predicted molar refractivity (Wildman–Crippen MR) is 88.1 cm³/mol. The van der Waals surface area contributed by atoms with Gasteiger partial charge in [0, 0.05) is 30.7 Å². The summed E-state index contributed by atoms with van der Waals surface area (Å²) in [6, 6.07) is 1.58. The molecule has 0 radical (unpaired) electrons. The average Bonchev–Trinajstić information content (AvgIpc) is 2.38. The van der Waals surface area contributed by atoms with Crippen molar-refractivity contribution >= 4 is 0 Å². The van der Waals surface area contributed by atoms with Crippen LogP contribution in [-0.4, -0.2) is 35.6 Å². The smallest absolute Gasteiger partial charge is 0.0278 e. The third-order valence-corrected chi connectivity index (χ3v) is 5.79. The van der Waals surface area contributed by atoms with Crippen LogP contribution in [0.5, 0.6) is 0 Å². The Kier molecular flexibility index (Phi) is 5.92. The fourth-order valence-electron chi connectivity index (χ4n) is 4.07. The first-order chi connectivity index (χ1) is 9.56. The van der Waals surface area contributed by atoms with E-state index in [2.05, 4.69) is 37.9 Å². The fourth-order valence-corrected chi connectivity index (χ4v) is 4.07. The zero-order chi connectivity index (χ0) is 14.6. The van der Waals surface area contributed by atoms with Crippen LogP contribution in [0.3, 0.4) is 0 Å². The van der Waals surface area contributed by atoms with Gasteiger partial charge in [-0.15, -0.1) is 0 Å². The second-order valence-electron chi connectivity index (χ2n) is 7.78. The predicted octanol–water partition coefficient (Wildman–Crippen LogP) is 4.20. The Bertz CT molecular complexity index is 281. The van der Waals surface area contributed by atoms with Crippen LogP contribution in [0.2, 0.25) is 0 Å². The van der Waals surface area contributed by atoms with Crippen molar-refractivity contribution in [3.63, 3.8) is 0 Å². The molecule has 2 rings (SSSR count). The number of hydrogen-bond donors (Lipinski definition) is 1. The molecule has 1 aliphatic carbocycles. The van der Waals surface area contributed by atoms with Gasteiger partial charge in [0.15, 0.2) is 0 Å². The molecule has 1 saturated heterocycles. The van der Waals surface area contributed by atoms with E-state index >= 15 is 0 Å². The lowest BCUT2D eigenvalue weighted by atomic mass is 9.86. The number of nitrogens with zero attached hydrogens (tertiary/aromatic N) is 1. The normalized spacial score (nSPS) is 35.0. The van der Waals surface area contributed by atoms with Crippen LogP contribution in [0, 0.1) is 5.92 Å². The molecular weight excluding hydrogens is 244 g/mol. The van der Waals surface area contributed by atoms with Crippen molar-refractivity contribution in [1.82, 2.24) is 10.2 Å². The second kappa shape index (κ2) is 7.26. The first-order valence-electron chi connectivity index (χ1n) is 9.06. The maximum atomic E-state index is 3.83. The van der Waals surface area contributed by atoms with Gasteiger partial charge in [0.05, 0.1) is 0 Å². The molecule has 2 aliphatic rings. The minimum Gasteiger partial charge on any atom is -0.309 e. The third-order valence-electron chi connectivity index (χ3n) is 5.79. The van der Waals surface area contributed by atoms with E-state index in [0.29, 0.717) is 5.54 Å². The summed E-state index contributed by atoms with van der Waals surface area (Å²) in [5.74, 6) is 0.759. The highest BCUT2D eigenvalue weighted by Gasteiger charge is 2.38. The van der Waals surface area contributed by atoms with Gasteiger partial charge in [-0.2, -0.15) is 0 Å². The zero-order valence-corrected chi connectivity index (χ0v) is 14.3. The van der Waals surface area contributed by atoms with E-state index in [0.717, 1.165) is 18.0 Å². The van der Waals surface area contributed by atoms with Crippen molar-refractivity contribution in [3.8, 4) is 0 Å². The number of rotatable bonds is 3. The standard InChI is InChI=1S/C18H36N2/c1-5-18(4)14-20(17(13-19-18)15(2)3)16-11-9-7-6-8-10-12-16/h15-17,19H,5-14H2,1-4H3. The molecule has 2 fully saturated rings. The minimum atomic E-state index is 0.327. The summed E-state index contributed by atoms with van der Waals surface area (Å²) in [6.07, 6.45) is 11.4. The summed E-state index contributed by atoms with van der Waals surface area (Å²) in [7, 11) is 0. The Morgan fingerprint density at radius 3 is 2.25 bits per heavy atom. The van der Waals surface area contributed by atoms with Crippen molar-refractivity contribution in [3.05, 3.63) is 0 Å². The molecule has 0 aromatic carbocycles. The van der Waals surface area contributed by atoms with Gasteiger partial charge in [-0.25, -0.2) is 0 Å². The summed E-state index contributed by atoms with van der Waals surface area (Å²) in [4.78, 5) is 2.90. The van der Waals surface area contributed by atoms with Crippen LogP contribution in [0.4, 0.5) is 0 Å². The van der Waals surface area contributed by atoms with E-state index in [-0.39, 0.29) is 0 Å². The van der Waals surface area contributed by atoms with Gasteiger partial charge in [0.25, 0.3) is 0 Å². The van der Waals surface area contributed by atoms with Crippen molar-refractivity contribution in [2.24, 2.45) is 5.92 Å². The molecule has 0 bridgehead atoms. The average molecular weight is 280 g/mol. The lowest BCUT2D eigenvalue weighted by Gasteiger charge is -2.51. The van der Waals surface area contributed by atoms with E-state index in [1.54, 1.807) is 0 Å². The minimum absolute atomic E-state index is 0.327. The molecule has 0 amide bonds. The van der Waals surface area contributed by atoms with E-state index in [1.807, 2.05) is 0 Å². The molecule has 0 spiro atoms. The molecular formula is C18H36N2. The van der Waals surface area contributed by atoms with E-state index in [9.17, 15) is 0 Å². The Balaban J connectivity index is 2.08. The topological polar surface area (TPSA) is 15.3 Å². The molecule has 1 N–H and O–H groups in total. The van der Waals surface area contributed by atoms with Crippen LogP contribution >= 0.6 is 0 Å². The molecule has 20 heavy (non-hydrogen) atoms. The number of nitrogens with one attached hydrogen (secondary N) is 1. The number of hydrogen-bond acceptors (Lipinski definition) is 2. The van der Waals surface area contributed by atoms with Gasteiger partial charge < -0.3 is 5.32 Å². The van der Waals surface area contributed by atoms with Crippen molar-refractivity contribution < 1.29 is 0 Å². The van der Waals surface area contributed by atoms with E-state index in [4.69, 9.17) is 0 Å². The molecule has 0 aromatic heterocycles. The summed E-state index contributed by atoms with van der Waals surface area (Å²) in [5, 5.41) is 3.83. The maximum absolute atomic E-state index is 3.83. The highest BCUT2D eigenvalue weighted by atomic mass is 15.3. The Morgan fingerprint density at radius 2 is 1.70 bits per heavy atom. The molecule has 0 aromatic rings. The second-order valence-corrected chi connectivity index (χ2v) is 7.78. The highest BCUT2D eigenvalue weighted by Crippen LogP contribution is 2.30. The van der Waals surface area contributed by atoms with Crippen molar-refractivity contribution in [2.45, 2.75) is 96.7 Å². The lowest BCUT2D eigenvalue weighted by molar-refractivity contribution is 0.0154. The molecule has 1 saturated carbocycles. The summed E-state index contributed by atoms with van der Waals surface area (Å²) in [6.45, 7) is 12.0. The van der Waals surface area contributed by atoms with Gasteiger partial charge in [-0.3, -0.25) is 4.90 Å².